The highest BCUT2D eigenvalue weighted by Gasteiger charge is 2.23. The van der Waals surface area contributed by atoms with Crippen LogP contribution in [0.1, 0.15) is 71.1 Å². The van der Waals surface area contributed by atoms with E-state index in [1.807, 2.05) is 43.3 Å². The van der Waals surface area contributed by atoms with Gasteiger partial charge in [-0.15, -0.1) is 11.3 Å². The first-order valence-electron chi connectivity index (χ1n) is 21.1. The van der Waals surface area contributed by atoms with E-state index >= 15 is 0 Å². The number of hydrogen-bond donors (Lipinski definition) is 7. The normalized spacial score (nSPS) is 11.5. The fraction of sp³-hybridized carbons (Fsp3) is 0.318. The molecule has 67 heavy (non-hydrogen) atoms. The van der Waals surface area contributed by atoms with Crippen LogP contribution < -0.4 is 37.2 Å². The Morgan fingerprint density at radius 2 is 1.27 bits per heavy atom. The third-order valence-electron chi connectivity index (χ3n) is 10.3. The monoisotopic (exact) mass is 935 g/mol. The number of amides is 7. The van der Waals surface area contributed by atoms with Crippen LogP contribution in [0.3, 0.4) is 0 Å². The van der Waals surface area contributed by atoms with E-state index in [-0.39, 0.29) is 72.4 Å². The van der Waals surface area contributed by atoms with Crippen LogP contribution in [0.5, 0.6) is 0 Å². The van der Waals surface area contributed by atoms with Gasteiger partial charge in [-0.1, -0.05) is 18.2 Å². The molecule has 0 spiro atoms. The number of fused-ring (bicyclic) bond motifs is 1. The molecule has 0 saturated heterocycles. The van der Waals surface area contributed by atoms with Gasteiger partial charge in [0.2, 0.25) is 23.5 Å². The van der Waals surface area contributed by atoms with E-state index in [1.54, 1.807) is 51.2 Å². The predicted molar refractivity (Wildman–Crippen MR) is 255 cm³/mol. The van der Waals surface area contributed by atoms with Gasteiger partial charge in [0.15, 0.2) is 11.6 Å². The number of aryl methyl sites for hydroxylation is 4. The number of carbonyl (C=O) groups excluding carboxylic acids is 7. The third-order valence-corrected chi connectivity index (χ3v) is 11.4. The van der Waals surface area contributed by atoms with E-state index in [2.05, 4.69) is 58.9 Å². The van der Waals surface area contributed by atoms with Crippen molar-refractivity contribution in [3.63, 3.8) is 0 Å². The Morgan fingerprint density at radius 3 is 1.91 bits per heavy atom. The maximum Gasteiger partial charge on any atom is 0.292 e. The van der Waals surface area contributed by atoms with Crippen LogP contribution in [0.15, 0.2) is 72.2 Å². The summed E-state index contributed by atoms with van der Waals surface area (Å²) in [4.78, 5) is 106. The van der Waals surface area contributed by atoms with E-state index in [0.29, 0.717) is 22.8 Å². The number of nitrogens with one attached hydrogen (secondary N) is 7. The summed E-state index contributed by atoms with van der Waals surface area (Å²) in [7, 11) is 10.4. The minimum Gasteiger partial charge on any atom is -0.356 e. The summed E-state index contributed by atoms with van der Waals surface area (Å²) < 4.78 is 6.92. The van der Waals surface area contributed by atoms with Gasteiger partial charge in [0.1, 0.15) is 17.4 Å². The summed E-state index contributed by atoms with van der Waals surface area (Å²) in [6.07, 6.45) is 7.11. The van der Waals surface area contributed by atoms with Crippen molar-refractivity contribution in [1.82, 2.24) is 49.1 Å². The maximum absolute atomic E-state index is 13.3. The second-order valence-electron chi connectivity index (χ2n) is 15.8. The van der Waals surface area contributed by atoms with Crippen molar-refractivity contribution in [3.8, 4) is 0 Å². The van der Waals surface area contributed by atoms with Crippen molar-refractivity contribution in [2.75, 3.05) is 61.5 Å². The fourth-order valence-electron chi connectivity index (χ4n) is 6.86. The number of carbonyl (C=O) groups is 7. The lowest BCUT2D eigenvalue weighted by atomic mass is 10.2. The van der Waals surface area contributed by atoms with Crippen LogP contribution in [0, 0.1) is 0 Å². The lowest BCUT2D eigenvalue weighted by molar-refractivity contribution is -0.121. The van der Waals surface area contributed by atoms with E-state index in [1.165, 1.54) is 49.6 Å². The molecule has 5 heterocycles. The molecule has 0 fully saturated rings. The summed E-state index contributed by atoms with van der Waals surface area (Å²) in [5.41, 5.74) is 1.16. The number of rotatable bonds is 21. The van der Waals surface area contributed by atoms with Crippen LogP contribution >= 0.6 is 11.3 Å². The Bertz CT molecular complexity index is 2800. The van der Waals surface area contributed by atoms with Gasteiger partial charge in [0.25, 0.3) is 29.5 Å². The van der Waals surface area contributed by atoms with Gasteiger partial charge in [0.05, 0.1) is 16.3 Å². The topological polar surface area (TPSA) is 265 Å². The van der Waals surface area contributed by atoms with Crippen LogP contribution in [0.4, 0.5) is 23.0 Å². The van der Waals surface area contributed by atoms with Gasteiger partial charge in [-0.2, -0.15) is 0 Å². The molecule has 1 atom stereocenters. The number of benzene rings is 1. The molecule has 6 rings (SSSR count). The largest absolute Gasteiger partial charge is 0.356 e. The molecular weight excluding hydrogens is 883 g/mol. The Morgan fingerprint density at radius 1 is 0.672 bits per heavy atom. The van der Waals surface area contributed by atoms with Crippen molar-refractivity contribution < 1.29 is 33.6 Å². The van der Waals surface area contributed by atoms with Crippen molar-refractivity contribution in [2.45, 2.75) is 25.3 Å². The summed E-state index contributed by atoms with van der Waals surface area (Å²) in [6.45, 7) is 5.09. The molecule has 0 saturated carbocycles. The Kier molecular flexibility index (Phi) is 15.8. The molecule has 0 unspecified atom stereocenters. The summed E-state index contributed by atoms with van der Waals surface area (Å²) >= 11 is 1.34. The van der Waals surface area contributed by atoms with Gasteiger partial charge in [-0.05, 0) is 69.9 Å². The maximum atomic E-state index is 13.3. The molecule has 0 aliphatic heterocycles. The number of thiophene rings is 1. The number of aromatic nitrogens is 6. The van der Waals surface area contributed by atoms with Crippen molar-refractivity contribution in [1.29, 1.82) is 0 Å². The molecule has 1 aromatic carbocycles. The van der Waals surface area contributed by atoms with Crippen LogP contribution in [0.25, 0.3) is 10.1 Å². The first-order chi connectivity index (χ1) is 32.0. The quantitative estimate of drug-likeness (QED) is 0.0410. The van der Waals surface area contributed by atoms with Gasteiger partial charge in [-0.3, -0.25) is 38.6 Å². The Hall–Kier alpha value is -7.92. The summed E-state index contributed by atoms with van der Waals surface area (Å²) in [5, 5.41) is 20.1. The van der Waals surface area contributed by atoms with Gasteiger partial charge < -0.3 is 60.4 Å². The van der Waals surface area contributed by atoms with E-state index in [4.69, 9.17) is 0 Å². The van der Waals surface area contributed by atoms with E-state index in [9.17, 15) is 33.6 Å². The molecule has 352 valence electrons. The van der Waals surface area contributed by atoms with Crippen LogP contribution in [0.2, 0.25) is 0 Å². The highest BCUT2D eigenvalue weighted by molar-refractivity contribution is 7.20. The summed E-state index contributed by atoms with van der Waals surface area (Å²) in [6, 6.07) is 11.5. The average molecular weight is 936 g/mol. The van der Waals surface area contributed by atoms with Gasteiger partial charge >= 0.3 is 0 Å². The molecule has 6 aromatic rings. The van der Waals surface area contributed by atoms with E-state index in [0.717, 1.165) is 23.1 Å². The smallest absolute Gasteiger partial charge is 0.292 e. The number of nitrogens with zero attached hydrogens (tertiary/aromatic N) is 8. The second-order valence-corrected chi connectivity index (χ2v) is 16.9. The molecule has 0 aliphatic carbocycles. The van der Waals surface area contributed by atoms with Crippen LogP contribution in [-0.4, -0.2) is 128 Å². The highest BCUT2D eigenvalue weighted by atomic mass is 32.1. The molecule has 0 bridgehead atoms. The lowest BCUT2D eigenvalue weighted by Crippen LogP contribution is -2.33. The lowest BCUT2D eigenvalue weighted by Gasteiger charge is -2.12. The number of anilines is 4. The Balaban J connectivity index is 0.943. The highest BCUT2D eigenvalue weighted by Crippen LogP contribution is 2.26. The van der Waals surface area contributed by atoms with Gasteiger partial charge in [-0.25, -0.2) is 9.97 Å². The molecule has 0 radical (unpaired) electrons. The molecule has 22 nitrogen and oxygen atoms in total. The third kappa shape index (κ3) is 12.7. The fourth-order valence-corrected chi connectivity index (χ4v) is 7.81. The standard InChI is InChI=1S/C44H53N15O7S/c1-45-29(39(61)49-27-21-31(57(5)22-27)41(63)50-28-20-30(56(4)23-28)40(62)47-17-14-36(60)46-15-10-18-55(2)3)13-16-48-43(65)37-51-35(25-58(37)6)54-44(66)38-52-34(24-59(38)7)53-42(64)33-19-26-11-8-9-12-32(26)67-33/h8-9,11-12,19-25,29H,1,10,13-18H2,2-7H3,(H,46,60)(H,47,62)(H,48,65)(H,49,61)(H,50,63)(H,53,64)(H,54,66)/t29-/m1/s1. The van der Waals surface area contributed by atoms with E-state index < -0.39 is 35.6 Å². The molecule has 5 aromatic heterocycles. The van der Waals surface area contributed by atoms with Crippen LogP contribution in [-0.2, 0) is 37.8 Å². The van der Waals surface area contributed by atoms with Crippen molar-refractivity contribution in [2.24, 2.45) is 33.2 Å². The zero-order valence-corrected chi connectivity index (χ0v) is 38.7. The van der Waals surface area contributed by atoms with Gasteiger partial charge in [0, 0.05) is 83.7 Å². The Labute approximate surface area is 389 Å². The number of imidazole rings is 2. The molecular formula is C44H53N15O7S. The second kappa shape index (κ2) is 21.8. The SMILES string of the molecule is C=N[C@H](CCNC(=O)c1nc(NC(=O)c2nc(NC(=O)c3cc4ccccc4s3)cn2C)cn1C)C(=O)Nc1cc(C(=O)Nc2cc(C(=O)NCCC(=O)NCCCN(C)C)n(C)c2)n(C)c1. The minimum atomic E-state index is -0.970. The number of aliphatic imine (C=N–C) groups is 1. The molecule has 7 N–H and O–H groups in total. The van der Waals surface area contributed by atoms with Crippen molar-refractivity contribution in [3.05, 3.63) is 95.2 Å². The first-order valence-corrected chi connectivity index (χ1v) is 21.9. The first kappa shape index (κ1) is 48.5. The number of hydrogen-bond acceptors (Lipinski definition) is 12. The zero-order valence-electron chi connectivity index (χ0n) is 37.9. The predicted octanol–water partition coefficient (Wildman–Crippen LogP) is 2.82. The molecule has 0 aliphatic rings. The minimum absolute atomic E-state index is 0.00836. The molecule has 23 heteroatoms. The average Bonchev–Trinajstić information content (AvgIpc) is 4.11. The zero-order chi connectivity index (χ0) is 48.4. The van der Waals surface area contributed by atoms with Crippen molar-refractivity contribution >= 4 is 92.5 Å². The molecule has 7 amide bonds. The summed E-state index contributed by atoms with van der Waals surface area (Å²) in [5.74, 6) is -2.93.